The summed E-state index contributed by atoms with van der Waals surface area (Å²) in [5.74, 6) is -0.243. The normalized spacial score (nSPS) is 16.4. The molecule has 0 saturated carbocycles. The third kappa shape index (κ3) is 4.95. The van der Waals surface area contributed by atoms with Crippen LogP contribution in [0, 0.1) is 0 Å². The summed E-state index contributed by atoms with van der Waals surface area (Å²) in [4.78, 5) is 37.7. The molecule has 0 aliphatic carbocycles. The fourth-order valence-corrected chi connectivity index (χ4v) is 3.38. The highest BCUT2D eigenvalue weighted by atomic mass is 35.5. The molecule has 1 aliphatic heterocycles. The number of Topliss-reactive ketones (excluding diaryl/α,β-unsaturated/α-hetero) is 1. The molecule has 2 aromatic rings. The summed E-state index contributed by atoms with van der Waals surface area (Å²) in [6.45, 7) is 2.58. The Morgan fingerprint density at radius 1 is 1.15 bits per heavy atom. The lowest BCUT2D eigenvalue weighted by molar-refractivity contribution is -0.127. The second-order valence-corrected chi connectivity index (χ2v) is 7.16. The minimum Gasteiger partial charge on any atom is -0.347 e. The average molecular weight is 385 g/mol. The van der Waals surface area contributed by atoms with E-state index >= 15 is 0 Å². The number of halogens is 1. The van der Waals surface area contributed by atoms with Crippen LogP contribution in [0.5, 0.6) is 0 Å². The highest BCUT2D eigenvalue weighted by Crippen LogP contribution is 2.15. The van der Waals surface area contributed by atoms with Crippen LogP contribution >= 0.6 is 11.6 Å². The molecule has 0 bridgehead atoms. The summed E-state index contributed by atoms with van der Waals surface area (Å²) < 4.78 is 0. The summed E-state index contributed by atoms with van der Waals surface area (Å²) in [6.07, 6.45) is 1.02. The molecule has 5 nitrogen and oxygen atoms in total. The van der Waals surface area contributed by atoms with Gasteiger partial charge in [0, 0.05) is 35.7 Å². The van der Waals surface area contributed by atoms with E-state index < -0.39 is 0 Å². The maximum atomic E-state index is 12.4. The molecule has 6 heteroatoms. The van der Waals surface area contributed by atoms with E-state index in [4.69, 9.17) is 11.6 Å². The fourth-order valence-electron chi connectivity index (χ4n) is 3.17. The van der Waals surface area contributed by atoms with Gasteiger partial charge in [-0.15, -0.1) is 0 Å². The fraction of sp³-hybridized carbons (Fsp3) is 0.286. The Hall–Kier alpha value is -2.66. The first-order chi connectivity index (χ1) is 12.9. The Balaban J connectivity index is 1.53. The van der Waals surface area contributed by atoms with Crippen LogP contribution in [0.4, 0.5) is 0 Å². The minimum absolute atomic E-state index is 0.0363. The molecule has 1 aliphatic rings. The van der Waals surface area contributed by atoms with E-state index in [0.717, 1.165) is 12.0 Å². The zero-order valence-corrected chi connectivity index (χ0v) is 15.8. The molecule has 140 valence electrons. The largest absolute Gasteiger partial charge is 0.347 e. The summed E-state index contributed by atoms with van der Waals surface area (Å²) >= 11 is 5.99. The number of carbonyl (C=O) groups excluding carboxylic acids is 3. The molecule has 1 heterocycles. The van der Waals surface area contributed by atoms with Gasteiger partial charge in [-0.2, -0.15) is 0 Å². The zero-order chi connectivity index (χ0) is 19.4. The summed E-state index contributed by atoms with van der Waals surface area (Å²) in [5, 5.41) is 3.59. The molecule has 1 atom stereocenters. The lowest BCUT2D eigenvalue weighted by Crippen LogP contribution is -2.37. The Labute approximate surface area is 163 Å². The van der Waals surface area contributed by atoms with Crippen LogP contribution in [-0.2, 0) is 11.2 Å². The van der Waals surface area contributed by atoms with Crippen molar-refractivity contribution in [3.63, 3.8) is 0 Å². The Kier molecular flexibility index (Phi) is 5.91. The molecule has 1 N–H and O–H groups in total. The Morgan fingerprint density at radius 2 is 1.85 bits per heavy atom. The SMILES string of the molecule is CC(=O)c1ccc(C(=O)N[C@H]2CC(=O)N(CCc3cccc(Cl)c3)C2)cc1. The number of likely N-dealkylation sites (tertiary alicyclic amines) is 1. The quantitative estimate of drug-likeness (QED) is 0.778. The molecule has 3 rings (SSSR count). The topological polar surface area (TPSA) is 66.5 Å². The van der Waals surface area contributed by atoms with Gasteiger partial charge in [0.25, 0.3) is 5.91 Å². The van der Waals surface area contributed by atoms with Gasteiger partial charge in [0.2, 0.25) is 5.91 Å². The monoisotopic (exact) mass is 384 g/mol. The van der Waals surface area contributed by atoms with Crippen LogP contribution < -0.4 is 5.32 Å². The van der Waals surface area contributed by atoms with Gasteiger partial charge in [-0.3, -0.25) is 14.4 Å². The van der Waals surface area contributed by atoms with E-state index in [1.165, 1.54) is 6.92 Å². The summed E-state index contributed by atoms with van der Waals surface area (Å²) in [6, 6.07) is 13.9. The number of ketones is 1. The minimum atomic E-state index is -0.236. The van der Waals surface area contributed by atoms with Crippen molar-refractivity contribution < 1.29 is 14.4 Å². The van der Waals surface area contributed by atoms with Crippen LogP contribution in [0.15, 0.2) is 48.5 Å². The van der Waals surface area contributed by atoms with E-state index in [9.17, 15) is 14.4 Å². The molecule has 0 aromatic heterocycles. The summed E-state index contributed by atoms with van der Waals surface area (Å²) in [7, 11) is 0. The van der Waals surface area contributed by atoms with Gasteiger partial charge in [-0.1, -0.05) is 35.9 Å². The predicted molar refractivity (Wildman–Crippen MR) is 104 cm³/mol. The van der Waals surface area contributed by atoms with Gasteiger partial charge in [-0.25, -0.2) is 0 Å². The molecular weight excluding hydrogens is 364 g/mol. The number of carbonyl (C=O) groups is 3. The number of hydrogen-bond donors (Lipinski definition) is 1. The number of hydrogen-bond acceptors (Lipinski definition) is 3. The molecule has 27 heavy (non-hydrogen) atoms. The lowest BCUT2D eigenvalue weighted by Gasteiger charge is -2.17. The van der Waals surface area contributed by atoms with Gasteiger partial charge in [0.15, 0.2) is 5.78 Å². The number of nitrogens with zero attached hydrogens (tertiary/aromatic N) is 1. The predicted octanol–water partition coefficient (Wildman–Crippen LogP) is 3.12. The molecule has 0 radical (unpaired) electrons. The van der Waals surface area contributed by atoms with Crippen molar-refractivity contribution in [2.75, 3.05) is 13.1 Å². The van der Waals surface area contributed by atoms with Crippen molar-refractivity contribution in [3.05, 3.63) is 70.2 Å². The standard InChI is InChI=1S/C21H21ClN2O3/c1-14(25)16-5-7-17(8-6-16)21(27)23-19-12-20(26)24(13-19)10-9-15-3-2-4-18(22)11-15/h2-8,11,19H,9-10,12-13H2,1H3,(H,23,27)/t19-/m0/s1. The van der Waals surface area contributed by atoms with Gasteiger partial charge in [0.1, 0.15) is 0 Å². The first-order valence-corrected chi connectivity index (χ1v) is 9.24. The smallest absolute Gasteiger partial charge is 0.251 e. The Bertz CT molecular complexity index is 864. The van der Waals surface area contributed by atoms with E-state index in [0.29, 0.717) is 35.7 Å². The van der Waals surface area contributed by atoms with Crippen LogP contribution in [0.25, 0.3) is 0 Å². The third-order valence-corrected chi connectivity index (χ3v) is 4.90. The van der Waals surface area contributed by atoms with Gasteiger partial charge >= 0.3 is 0 Å². The van der Waals surface area contributed by atoms with Crippen LogP contribution in [0.3, 0.4) is 0 Å². The summed E-state index contributed by atoms with van der Waals surface area (Å²) in [5.41, 5.74) is 2.12. The van der Waals surface area contributed by atoms with Crippen LogP contribution in [0.1, 0.15) is 39.6 Å². The van der Waals surface area contributed by atoms with E-state index in [2.05, 4.69) is 5.32 Å². The second kappa shape index (κ2) is 8.35. The maximum absolute atomic E-state index is 12.4. The van der Waals surface area contributed by atoms with Crippen molar-refractivity contribution >= 4 is 29.2 Å². The molecule has 0 spiro atoms. The van der Waals surface area contributed by atoms with Crippen molar-refractivity contribution in [1.29, 1.82) is 0 Å². The van der Waals surface area contributed by atoms with E-state index in [-0.39, 0.29) is 23.6 Å². The van der Waals surface area contributed by atoms with Gasteiger partial charge < -0.3 is 10.2 Å². The second-order valence-electron chi connectivity index (χ2n) is 6.73. The van der Waals surface area contributed by atoms with E-state index in [1.54, 1.807) is 29.2 Å². The first-order valence-electron chi connectivity index (χ1n) is 8.86. The van der Waals surface area contributed by atoms with Crippen molar-refractivity contribution in [1.82, 2.24) is 10.2 Å². The van der Waals surface area contributed by atoms with E-state index in [1.807, 2.05) is 24.3 Å². The van der Waals surface area contributed by atoms with Crippen molar-refractivity contribution in [2.45, 2.75) is 25.8 Å². The van der Waals surface area contributed by atoms with Crippen molar-refractivity contribution in [2.24, 2.45) is 0 Å². The highest BCUT2D eigenvalue weighted by molar-refractivity contribution is 6.30. The molecule has 2 aromatic carbocycles. The molecule has 1 fully saturated rings. The van der Waals surface area contributed by atoms with Crippen LogP contribution in [0.2, 0.25) is 5.02 Å². The Morgan fingerprint density at radius 3 is 2.52 bits per heavy atom. The van der Waals surface area contributed by atoms with Gasteiger partial charge in [0.05, 0.1) is 6.04 Å². The first kappa shape index (κ1) is 19.1. The molecule has 1 saturated heterocycles. The lowest BCUT2D eigenvalue weighted by atomic mass is 10.1. The third-order valence-electron chi connectivity index (χ3n) is 4.66. The highest BCUT2D eigenvalue weighted by Gasteiger charge is 2.30. The molecule has 0 unspecified atom stereocenters. The average Bonchev–Trinajstić information content (AvgIpc) is 2.99. The number of nitrogens with one attached hydrogen (secondary N) is 1. The number of amides is 2. The van der Waals surface area contributed by atoms with Crippen LogP contribution in [-0.4, -0.2) is 41.6 Å². The molecule has 2 amide bonds. The van der Waals surface area contributed by atoms with Gasteiger partial charge in [-0.05, 0) is 43.2 Å². The number of rotatable bonds is 6. The number of benzene rings is 2. The molecular formula is C21H21ClN2O3. The zero-order valence-electron chi connectivity index (χ0n) is 15.1. The van der Waals surface area contributed by atoms with Crippen molar-refractivity contribution in [3.8, 4) is 0 Å². The maximum Gasteiger partial charge on any atom is 0.251 e.